The SMILES string of the molecule is [SnH][N]1CCC2CCCCC2C1. The first-order valence-electron chi connectivity index (χ1n) is 4.86. The predicted molar refractivity (Wildman–Crippen MR) is 48.8 cm³/mol. The molecule has 2 heteroatoms. The van der Waals surface area contributed by atoms with Gasteiger partial charge in [0.25, 0.3) is 0 Å². The van der Waals surface area contributed by atoms with Gasteiger partial charge in [0.1, 0.15) is 0 Å². The number of hydrogen-bond acceptors (Lipinski definition) is 1. The van der Waals surface area contributed by atoms with Gasteiger partial charge in [0.2, 0.25) is 0 Å². The molecular weight excluding hydrogens is 241 g/mol. The van der Waals surface area contributed by atoms with Gasteiger partial charge >= 0.3 is 82.9 Å². The third-order valence-electron chi connectivity index (χ3n) is 3.32. The number of hydrogen-bond donors (Lipinski definition) is 0. The Balaban J connectivity index is 1.93. The molecule has 1 nitrogen and oxygen atoms in total. The van der Waals surface area contributed by atoms with Gasteiger partial charge in [0.15, 0.2) is 0 Å². The zero-order valence-corrected chi connectivity index (χ0v) is 10.4. The standard InChI is InChI=1S/C9H16N.Sn.H/c1-2-4-9-7-10-6-5-8(9)3-1;;/h8-9H,1-7H2;;/q-1;+1;. The Morgan fingerprint density at radius 2 is 1.73 bits per heavy atom. The van der Waals surface area contributed by atoms with Crippen LogP contribution in [0.15, 0.2) is 0 Å². The molecule has 0 spiro atoms. The normalized spacial score (nSPS) is 40.1. The Morgan fingerprint density at radius 3 is 2.55 bits per heavy atom. The van der Waals surface area contributed by atoms with Gasteiger partial charge < -0.3 is 0 Å². The van der Waals surface area contributed by atoms with Crippen molar-refractivity contribution in [1.82, 2.24) is 3.12 Å². The third-order valence-corrected chi connectivity index (χ3v) is 4.66. The summed E-state index contributed by atoms with van der Waals surface area (Å²) in [5, 5.41) is 0. The van der Waals surface area contributed by atoms with E-state index in [0.717, 1.165) is 11.8 Å². The van der Waals surface area contributed by atoms with Gasteiger partial charge in [-0.2, -0.15) is 0 Å². The molecule has 1 heterocycles. The van der Waals surface area contributed by atoms with E-state index in [9.17, 15) is 0 Å². The molecule has 0 aromatic carbocycles. The zero-order chi connectivity index (χ0) is 7.68. The Kier molecular flexibility index (Phi) is 2.77. The molecule has 0 amide bonds. The Bertz CT molecular complexity index is 138. The van der Waals surface area contributed by atoms with Crippen LogP contribution in [0.25, 0.3) is 0 Å². The molecule has 1 saturated heterocycles. The van der Waals surface area contributed by atoms with Crippen LogP contribution in [0.2, 0.25) is 0 Å². The molecule has 0 aromatic rings. The first-order valence-corrected chi connectivity index (χ1v) is 6.33. The van der Waals surface area contributed by atoms with Crippen molar-refractivity contribution in [3.8, 4) is 0 Å². The Morgan fingerprint density at radius 1 is 1.00 bits per heavy atom. The summed E-state index contributed by atoms with van der Waals surface area (Å²) < 4.78 is 2.64. The molecule has 1 aliphatic carbocycles. The van der Waals surface area contributed by atoms with E-state index in [4.69, 9.17) is 0 Å². The molecule has 11 heavy (non-hydrogen) atoms. The topological polar surface area (TPSA) is 3.24 Å². The van der Waals surface area contributed by atoms with E-state index in [1.165, 1.54) is 61.6 Å². The summed E-state index contributed by atoms with van der Waals surface area (Å²) in [6.45, 7) is 2.84. The van der Waals surface area contributed by atoms with Gasteiger partial charge in [0.05, 0.1) is 0 Å². The van der Waals surface area contributed by atoms with Crippen molar-refractivity contribution in [2.75, 3.05) is 13.1 Å². The molecule has 1 aliphatic heterocycles. The molecule has 1 saturated carbocycles. The predicted octanol–water partition coefficient (Wildman–Crippen LogP) is 1.31. The van der Waals surface area contributed by atoms with Gasteiger partial charge in [0, 0.05) is 0 Å². The molecule has 2 aliphatic rings. The third kappa shape index (κ3) is 1.92. The van der Waals surface area contributed by atoms with Gasteiger partial charge in [-0.05, 0) is 0 Å². The molecule has 2 atom stereocenters. The summed E-state index contributed by atoms with van der Waals surface area (Å²) in [6.07, 6.45) is 7.60. The fourth-order valence-electron chi connectivity index (χ4n) is 2.63. The number of nitrogens with zero attached hydrogens (tertiary/aromatic N) is 1. The van der Waals surface area contributed by atoms with Crippen molar-refractivity contribution in [2.24, 2.45) is 11.8 Å². The van der Waals surface area contributed by atoms with Gasteiger partial charge in [-0.1, -0.05) is 0 Å². The first-order chi connectivity index (χ1) is 5.36. The molecular formula is C9H17NSn. The van der Waals surface area contributed by atoms with Crippen LogP contribution in [0.4, 0.5) is 0 Å². The van der Waals surface area contributed by atoms with Crippen molar-refractivity contribution in [3.05, 3.63) is 0 Å². The molecule has 0 bridgehead atoms. The number of fused-ring (bicyclic) bond motifs is 1. The average molecular weight is 258 g/mol. The quantitative estimate of drug-likeness (QED) is 0.592. The second-order valence-corrected chi connectivity index (χ2v) is 6.17. The molecule has 2 unspecified atom stereocenters. The van der Waals surface area contributed by atoms with E-state index in [2.05, 4.69) is 3.12 Å². The summed E-state index contributed by atoms with van der Waals surface area (Å²) >= 11 is 1.36. The molecule has 2 rings (SSSR count). The van der Waals surface area contributed by atoms with E-state index in [-0.39, 0.29) is 0 Å². The van der Waals surface area contributed by atoms with Crippen LogP contribution in [-0.2, 0) is 0 Å². The molecule has 2 fully saturated rings. The summed E-state index contributed by atoms with van der Waals surface area (Å²) in [6, 6.07) is 0. The maximum atomic E-state index is 2.64. The van der Waals surface area contributed by atoms with E-state index in [1.54, 1.807) is 6.42 Å². The van der Waals surface area contributed by atoms with E-state index in [0.29, 0.717) is 0 Å². The van der Waals surface area contributed by atoms with Crippen molar-refractivity contribution >= 4 is 22.8 Å². The van der Waals surface area contributed by atoms with Gasteiger partial charge in [-0.3, -0.25) is 0 Å². The number of piperidine rings is 1. The van der Waals surface area contributed by atoms with Crippen LogP contribution in [0.3, 0.4) is 0 Å². The summed E-state index contributed by atoms with van der Waals surface area (Å²) in [4.78, 5) is 0. The minimum absolute atomic E-state index is 1.09. The van der Waals surface area contributed by atoms with Crippen molar-refractivity contribution in [3.63, 3.8) is 0 Å². The van der Waals surface area contributed by atoms with Crippen LogP contribution in [0.5, 0.6) is 0 Å². The van der Waals surface area contributed by atoms with Crippen molar-refractivity contribution in [1.29, 1.82) is 0 Å². The van der Waals surface area contributed by atoms with Crippen LogP contribution in [-0.4, -0.2) is 39.0 Å². The van der Waals surface area contributed by atoms with E-state index in [1.807, 2.05) is 0 Å². The molecule has 62 valence electrons. The van der Waals surface area contributed by atoms with Crippen LogP contribution in [0, 0.1) is 11.8 Å². The second kappa shape index (κ2) is 3.65. The molecule has 0 N–H and O–H groups in total. The minimum atomic E-state index is 1.09. The molecule has 0 aromatic heterocycles. The second-order valence-electron chi connectivity index (χ2n) is 4.09. The summed E-state index contributed by atoms with van der Waals surface area (Å²) in [5.74, 6) is 2.21. The van der Waals surface area contributed by atoms with Crippen molar-refractivity contribution in [2.45, 2.75) is 32.1 Å². The van der Waals surface area contributed by atoms with E-state index < -0.39 is 0 Å². The van der Waals surface area contributed by atoms with Gasteiger partial charge in [-0.15, -0.1) is 0 Å². The Hall–Kier alpha value is 0.759. The van der Waals surface area contributed by atoms with Gasteiger partial charge in [-0.25, -0.2) is 0 Å². The van der Waals surface area contributed by atoms with Crippen molar-refractivity contribution < 1.29 is 0 Å². The summed E-state index contributed by atoms with van der Waals surface area (Å²) in [7, 11) is 0. The Labute approximate surface area is 83.0 Å². The maximum absolute atomic E-state index is 2.64. The molecule has 2 radical (unpaired) electrons. The van der Waals surface area contributed by atoms with Crippen LogP contribution >= 0.6 is 0 Å². The van der Waals surface area contributed by atoms with Crippen LogP contribution in [0.1, 0.15) is 32.1 Å². The monoisotopic (exact) mass is 259 g/mol. The fourth-order valence-corrected chi connectivity index (χ4v) is 3.83. The zero-order valence-electron chi connectivity index (χ0n) is 7.13. The summed E-state index contributed by atoms with van der Waals surface area (Å²) in [5.41, 5.74) is 0. The number of rotatable bonds is 0. The fraction of sp³-hybridized carbons (Fsp3) is 1.00. The average Bonchev–Trinajstić information content (AvgIpc) is 2.04. The van der Waals surface area contributed by atoms with Crippen LogP contribution < -0.4 is 0 Å². The first kappa shape index (κ1) is 8.36. The van der Waals surface area contributed by atoms with E-state index >= 15 is 0 Å².